The molecule has 0 saturated carbocycles. The van der Waals surface area contributed by atoms with Gasteiger partial charge in [-0.05, 0) is 13.8 Å². The fourth-order valence-corrected chi connectivity index (χ4v) is 1.91. The minimum atomic E-state index is -3.46. The minimum Gasteiger partial charge on any atom is -0.365 e. The number of nitrogens with two attached hydrogens (primary N) is 1. The molecule has 1 amide bonds. The Morgan fingerprint density at radius 2 is 1.64 bits per heavy atom. The second-order valence-corrected chi connectivity index (χ2v) is 4.42. The van der Waals surface area contributed by atoms with Gasteiger partial charge < -0.3 is 5.73 Å². The van der Waals surface area contributed by atoms with E-state index in [0.717, 1.165) is 6.26 Å². The molecule has 0 aromatic carbocycles. The Kier molecular flexibility index (Phi) is 2.81. The summed E-state index contributed by atoms with van der Waals surface area (Å²) in [5.74, 6) is -0.896. The highest BCUT2D eigenvalue weighted by Crippen LogP contribution is 2.09. The van der Waals surface area contributed by atoms with Crippen LogP contribution in [0.4, 0.5) is 0 Å². The zero-order valence-electron chi connectivity index (χ0n) is 6.71. The molecular weight excluding hydrogens is 166 g/mol. The number of carbonyl (C=O) groups is 1. The quantitative estimate of drug-likeness (QED) is 0.594. The highest BCUT2D eigenvalue weighted by atomic mass is 32.2. The third kappa shape index (κ3) is 2.71. The minimum absolute atomic E-state index is 0.294. The predicted molar refractivity (Wildman–Crippen MR) is 42.4 cm³/mol. The van der Waals surface area contributed by atoms with Crippen LogP contribution in [0, 0.1) is 0 Å². The number of rotatable bonds is 2. The first-order valence-corrected chi connectivity index (χ1v) is 4.83. The van der Waals surface area contributed by atoms with Gasteiger partial charge in [-0.1, -0.05) is 5.57 Å². The fraction of sp³-hybridized carbons (Fsp3) is 0.500. The lowest BCUT2D eigenvalue weighted by Gasteiger charge is -2.01. The Bertz CT molecular complexity index is 296. The van der Waals surface area contributed by atoms with Crippen molar-refractivity contribution < 1.29 is 13.2 Å². The summed E-state index contributed by atoms with van der Waals surface area (Å²) in [4.78, 5) is 10.3. The van der Waals surface area contributed by atoms with Gasteiger partial charge in [0.1, 0.15) is 4.91 Å². The van der Waals surface area contributed by atoms with E-state index in [-0.39, 0.29) is 4.91 Å². The van der Waals surface area contributed by atoms with Crippen molar-refractivity contribution in [2.45, 2.75) is 13.8 Å². The monoisotopic (exact) mass is 177 g/mol. The summed E-state index contributed by atoms with van der Waals surface area (Å²) in [7, 11) is -3.46. The van der Waals surface area contributed by atoms with Gasteiger partial charge in [0.05, 0.1) is 0 Å². The van der Waals surface area contributed by atoms with Gasteiger partial charge in [-0.3, -0.25) is 4.79 Å². The van der Waals surface area contributed by atoms with Gasteiger partial charge in [-0.25, -0.2) is 8.42 Å². The first kappa shape index (κ1) is 10.2. The third-order valence-electron chi connectivity index (χ3n) is 1.05. The van der Waals surface area contributed by atoms with Crippen molar-refractivity contribution >= 4 is 15.7 Å². The topological polar surface area (TPSA) is 77.2 Å². The Balaban J connectivity index is 5.32. The van der Waals surface area contributed by atoms with Crippen molar-refractivity contribution in [2.24, 2.45) is 5.73 Å². The Morgan fingerprint density at radius 3 is 1.64 bits per heavy atom. The van der Waals surface area contributed by atoms with E-state index in [1.807, 2.05) is 0 Å². The molecule has 0 aromatic heterocycles. The van der Waals surface area contributed by atoms with Crippen LogP contribution in [0.5, 0.6) is 0 Å². The molecule has 0 radical (unpaired) electrons. The molecule has 5 heteroatoms. The lowest BCUT2D eigenvalue weighted by atomic mass is 10.3. The molecule has 0 fully saturated rings. The van der Waals surface area contributed by atoms with Crippen LogP contribution in [-0.2, 0) is 14.6 Å². The van der Waals surface area contributed by atoms with E-state index in [1.165, 1.54) is 13.8 Å². The largest absolute Gasteiger partial charge is 0.365 e. The molecule has 0 aliphatic carbocycles. The Hall–Kier alpha value is -0.840. The number of amides is 1. The second kappa shape index (κ2) is 3.04. The number of sulfone groups is 1. The summed E-state index contributed by atoms with van der Waals surface area (Å²) in [6, 6.07) is 0. The predicted octanol–water partition coefficient (Wildman–Crippen LogP) is -0.190. The molecule has 0 aromatic rings. The number of carbonyl (C=O) groups excluding carboxylic acids is 1. The van der Waals surface area contributed by atoms with Crippen LogP contribution in [0.3, 0.4) is 0 Å². The lowest BCUT2D eigenvalue weighted by Crippen LogP contribution is -2.21. The third-order valence-corrected chi connectivity index (χ3v) is 2.40. The lowest BCUT2D eigenvalue weighted by molar-refractivity contribution is -0.114. The zero-order valence-corrected chi connectivity index (χ0v) is 7.53. The molecule has 0 saturated heterocycles. The number of hydrogen-bond donors (Lipinski definition) is 1. The summed E-state index contributed by atoms with van der Waals surface area (Å²) in [5.41, 5.74) is 5.26. The van der Waals surface area contributed by atoms with Gasteiger partial charge in [0.2, 0.25) is 0 Å². The van der Waals surface area contributed by atoms with E-state index in [1.54, 1.807) is 0 Å². The average molecular weight is 177 g/mol. The molecule has 0 rings (SSSR count). The normalized spacial score (nSPS) is 10.8. The number of hydrogen-bond acceptors (Lipinski definition) is 3. The standard InChI is InChI=1S/C6H11NO3S/c1-4(2)5(6(7)8)11(3,9)10/h1-3H3,(H2,7,8). The molecule has 2 N–H and O–H groups in total. The molecule has 0 bridgehead atoms. The molecule has 0 atom stereocenters. The van der Waals surface area contributed by atoms with Crippen LogP contribution in [0.2, 0.25) is 0 Å². The maximum atomic E-state index is 10.9. The van der Waals surface area contributed by atoms with Crippen LogP contribution >= 0.6 is 0 Å². The van der Waals surface area contributed by atoms with E-state index in [0.29, 0.717) is 5.57 Å². The van der Waals surface area contributed by atoms with Crippen molar-refractivity contribution in [3.63, 3.8) is 0 Å². The van der Waals surface area contributed by atoms with Crippen LogP contribution in [0.25, 0.3) is 0 Å². The van der Waals surface area contributed by atoms with E-state index in [2.05, 4.69) is 0 Å². The van der Waals surface area contributed by atoms with Crippen molar-refractivity contribution in [3.8, 4) is 0 Å². The summed E-state index contributed by atoms with van der Waals surface area (Å²) >= 11 is 0. The summed E-state index contributed by atoms with van der Waals surface area (Å²) in [6.07, 6.45) is 0.958. The van der Waals surface area contributed by atoms with E-state index < -0.39 is 15.7 Å². The molecule has 0 aliphatic heterocycles. The Labute approximate surface area is 66.0 Å². The smallest absolute Gasteiger partial charge is 0.260 e. The van der Waals surface area contributed by atoms with Gasteiger partial charge in [-0.15, -0.1) is 0 Å². The molecule has 11 heavy (non-hydrogen) atoms. The number of allylic oxidation sites excluding steroid dienone is 1. The highest BCUT2D eigenvalue weighted by Gasteiger charge is 2.18. The Morgan fingerprint density at radius 1 is 1.27 bits per heavy atom. The van der Waals surface area contributed by atoms with Crippen LogP contribution in [-0.4, -0.2) is 20.6 Å². The van der Waals surface area contributed by atoms with Gasteiger partial charge >= 0.3 is 0 Å². The first-order chi connectivity index (χ1) is 4.76. The van der Waals surface area contributed by atoms with Crippen molar-refractivity contribution in [1.82, 2.24) is 0 Å². The fourth-order valence-electron chi connectivity index (χ4n) is 0.800. The van der Waals surface area contributed by atoms with Crippen LogP contribution in [0.15, 0.2) is 10.5 Å². The average Bonchev–Trinajstić information content (AvgIpc) is 1.54. The van der Waals surface area contributed by atoms with E-state index in [4.69, 9.17) is 5.73 Å². The molecule has 0 aliphatic rings. The summed E-state index contributed by atoms with van der Waals surface area (Å²) in [6.45, 7) is 3.06. The SMILES string of the molecule is CC(C)=C(C(N)=O)S(C)(=O)=O. The van der Waals surface area contributed by atoms with Crippen LogP contribution in [0.1, 0.15) is 13.8 Å². The van der Waals surface area contributed by atoms with Crippen molar-refractivity contribution in [2.75, 3.05) is 6.26 Å². The van der Waals surface area contributed by atoms with Crippen LogP contribution < -0.4 is 5.73 Å². The molecule has 4 nitrogen and oxygen atoms in total. The van der Waals surface area contributed by atoms with Gasteiger partial charge in [0.25, 0.3) is 5.91 Å². The van der Waals surface area contributed by atoms with Crippen molar-refractivity contribution in [3.05, 3.63) is 10.5 Å². The highest BCUT2D eigenvalue weighted by molar-refractivity contribution is 7.95. The van der Waals surface area contributed by atoms with Gasteiger partial charge in [0.15, 0.2) is 9.84 Å². The second-order valence-electron chi connectivity index (χ2n) is 2.47. The van der Waals surface area contributed by atoms with Gasteiger partial charge in [0, 0.05) is 6.26 Å². The number of primary amides is 1. The molecular formula is C6H11NO3S. The first-order valence-electron chi connectivity index (χ1n) is 2.94. The maximum absolute atomic E-state index is 10.9. The van der Waals surface area contributed by atoms with E-state index >= 15 is 0 Å². The molecule has 0 heterocycles. The van der Waals surface area contributed by atoms with E-state index in [9.17, 15) is 13.2 Å². The summed E-state index contributed by atoms with van der Waals surface area (Å²) < 4.78 is 21.7. The zero-order chi connectivity index (χ0) is 9.23. The molecule has 0 spiro atoms. The molecule has 0 unspecified atom stereocenters. The van der Waals surface area contributed by atoms with Gasteiger partial charge in [-0.2, -0.15) is 0 Å². The summed E-state index contributed by atoms with van der Waals surface area (Å²) in [5, 5.41) is 0. The maximum Gasteiger partial charge on any atom is 0.260 e. The van der Waals surface area contributed by atoms with Crippen molar-refractivity contribution in [1.29, 1.82) is 0 Å². The molecule has 64 valence electrons.